The summed E-state index contributed by atoms with van der Waals surface area (Å²) in [5.74, 6) is 0. The Labute approximate surface area is 26.9 Å². The van der Waals surface area contributed by atoms with E-state index in [2.05, 4.69) is 6.42 Å². The lowest BCUT2D eigenvalue weighted by molar-refractivity contribution is 0.656. The van der Waals surface area contributed by atoms with E-state index in [1.807, 2.05) is 5.66 Å². The van der Waals surface area contributed by atoms with Crippen LogP contribution in [0.3, 0.4) is 0 Å². The van der Waals surface area contributed by atoms with Crippen LogP contribution in [0.2, 0.25) is 0 Å². The molecule has 0 aromatic rings. The second-order valence-corrected chi connectivity index (χ2v) is 0.768. The Morgan fingerprint density at radius 2 is 2.25 bits per heavy atom. The summed E-state index contributed by atoms with van der Waals surface area (Å²) < 4.78 is 0. The molecule has 0 rings (SSSR count). The van der Waals surface area contributed by atoms with Crippen LogP contribution in [0.25, 0.3) is 0 Å². The van der Waals surface area contributed by atoms with Crippen molar-refractivity contribution in [3.8, 4) is 12.1 Å². The first kappa shape index (κ1) is 3.95. The van der Waals surface area contributed by atoms with Crippen LogP contribution in [-0.4, -0.2) is 4.89 Å². The molecule has 0 aliphatic heterocycles. The fourth-order valence-electron chi connectivity index (χ4n) is 0. The van der Waals surface area contributed by atoms with Crippen LogP contribution in [-0.2, 0) is 0 Å². The van der Waals surface area contributed by atoms with Crippen molar-refractivity contribution >= 4 is 8.81 Å². The highest BCUT2D eigenvalue weighted by Crippen LogP contribution is 1.90. The SMILES string of the molecule is C#CPO. The molecule has 0 radical (unpaired) electrons. The van der Waals surface area contributed by atoms with Gasteiger partial charge in [0.1, 0.15) is 0 Å². The summed E-state index contributed by atoms with van der Waals surface area (Å²) in [7, 11) is -0.332. The number of rotatable bonds is 0. The normalized spacial score (nSPS) is 8.00. The molecule has 1 nitrogen and oxygen atoms in total. The molecule has 1 N–H and O–H groups in total. The van der Waals surface area contributed by atoms with Gasteiger partial charge in [-0.15, -0.1) is 6.42 Å². The van der Waals surface area contributed by atoms with Crippen molar-refractivity contribution in [2.45, 2.75) is 0 Å². The Morgan fingerprint density at radius 1 is 2.00 bits per heavy atom. The Balaban J connectivity index is 2.43. The third-order valence-electron chi connectivity index (χ3n) is 0.0645. The molecular formula is C2H3OP. The Hall–Kier alpha value is -0.0500. The average Bonchev–Trinajstić information content (AvgIpc) is 1.37. The summed E-state index contributed by atoms with van der Waals surface area (Å²) >= 11 is 0. The summed E-state index contributed by atoms with van der Waals surface area (Å²) in [5, 5.41) is 0. The summed E-state index contributed by atoms with van der Waals surface area (Å²) in [6.07, 6.45) is 4.54. The zero-order chi connectivity index (χ0) is 3.41. The van der Waals surface area contributed by atoms with E-state index in [0.29, 0.717) is 0 Å². The molecule has 0 saturated heterocycles. The quantitative estimate of drug-likeness (QED) is 0.320. The predicted molar refractivity (Wildman–Crippen MR) is 19.4 cm³/mol. The van der Waals surface area contributed by atoms with Crippen LogP contribution in [0.15, 0.2) is 0 Å². The summed E-state index contributed by atoms with van der Waals surface area (Å²) in [6.45, 7) is 0. The molecule has 0 aromatic carbocycles. The smallest absolute Gasteiger partial charge is 0.0879 e. The molecule has 0 saturated carbocycles. The van der Waals surface area contributed by atoms with Crippen molar-refractivity contribution in [1.82, 2.24) is 0 Å². The predicted octanol–water partition coefficient (Wildman–Crippen LogP) is 0.163. The molecule has 0 fully saturated rings. The molecule has 22 valence electrons. The lowest BCUT2D eigenvalue weighted by Gasteiger charge is -1.55. The lowest BCUT2D eigenvalue weighted by atomic mass is 11.4. The van der Waals surface area contributed by atoms with E-state index in [1.165, 1.54) is 0 Å². The molecule has 0 aliphatic carbocycles. The molecule has 0 amide bonds. The molecule has 1 atom stereocenters. The fraction of sp³-hybridized carbons (Fsp3) is 0. The standard InChI is InChI=1S/C2H3OP/c1-2-4-3/h1,3-4H. The monoisotopic (exact) mass is 74.0 g/mol. The summed E-state index contributed by atoms with van der Waals surface area (Å²) in [6, 6.07) is 0. The zero-order valence-corrected chi connectivity index (χ0v) is 3.02. The van der Waals surface area contributed by atoms with Crippen molar-refractivity contribution in [3.05, 3.63) is 0 Å². The first-order valence-corrected chi connectivity index (χ1v) is 1.71. The van der Waals surface area contributed by atoms with Gasteiger partial charge in [-0.05, 0) is 0 Å². The van der Waals surface area contributed by atoms with Gasteiger partial charge in [-0.25, -0.2) is 0 Å². The molecule has 2 heteroatoms. The third-order valence-corrected chi connectivity index (χ3v) is 0.194. The van der Waals surface area contributed by atoms with Crippen molar-refractivity contribution in [2.75, 3.05) is 0 Å². The van der Waals surface area contributed by atoms with Crippen LogP contribution < -0.4 is 0 Å². The fourth-order valence-corrected chi connectivity index (χ4v) is 0. The minimum atomic E-state index is -0.332. The van der Waals surface area contributed by atoms with E-state index in [0.717, 1.165) is 0 Å². The second kappa shape index (κ2) is 2.95. The number of hydrogen-bond acceptors (Lipinski definition) is 1. The van der Waals surface area contributed by atoms with Gasteiger partial charge >= 0.3 is 0 Å². The zero-order valence-electron chi connectivity index (χ0n) is 2.02. The van der Waals surface area contributed by atoms with Crippen LogP contribution in [0, 0.1) is 12.1 Å². The lowest BCUT2D eigenvalue weighted by Crippen LogP contribution is -1.23. The molecular weight excluding hydrogens is 71.0 g/mol. The van der Waals surface area contributed by atoms with Gasteiger partial charge in [-0.2, -0.15) is 0 Å². The molecule has 1 unspecified atom stereocenters. The van der Waals surface area contributed by atoms with Crippen molar-refractivity contribution < 1.29 is 4.89 Å². The van der Waals surface area contributed by atoms with Crippen molar-refractivity contribution in [1.29, 1.82) is 0 Å². The van der Waals surface area contributed by atoms with Crippen LogP contribution in [0.5, 0.6) is 0 Å². The van der Waals surface area contributed by atoms with Crippen molar-refractivity contribution in [3.63, 3.8) is 0 Å². The topological polar surface area (TPSA) is 20.2 Å². The molecule has 0 aromatic heterocycles. The van der Waals surface area contributed by atoms with Crippen LogP contribution >= 0.6 is 8.81 Å². The molecule has 0 aliphatic rings. The van der Waals surface area contributed by atoms with E-state index in [1.54, 1.807) is 0 Å². The first-order valence-electron chi connectivity index (χ1n) is 0.762. The Kier molecular flexibility index (Phi) is 2.91. The number of terminal acetylenes is 1. The molecule has 0 spiro atoms. The van der Waals surface area contributed by atoms with Crippen LogP contribution in [0.4, 0.5) is 0 Å². The van der Waals surface area contributed by atoms with Gasteiger partial charge in [0.15, 0.2) is 0 Å². The largest absolute Gasteiger partial charge is 0.364 e. The van der Waals surface area contributed by atoms with Gasteiger partial charge < -0.3 is 4.89 Å². The van der Waals surface area contributed by atoms with Gasteiger partial charge in [0.2, 0.25) is 0 Å². The Morgan fingerprint density at radius 3 is 2.25 bits per heavy atom. The summed E-state index contributed by atoms with van der Waals surface area (Å²) in [5.41, 5.74) is 2.01. The highest BCUT2D eigenvalue weighted by molar-refractivity contribution is 7.37. The van der Waals surface area contributed by atoms with Crippen molar-refractivity contribution in [2.24, 2.45) is 0 Å². The van der Waals surface area contributed by atoms with E-state index in [4.69, 9.17) is 4.89 Å². The Bertz CT molecular complexity index is 35.8. The average molecular weight is 74.0 g/mol. The minimum absolute atomic E-state index is 0.332. The summed E-state index contributed by atoms with van der Waals surface area (Å²) in [4.78, 5) is 7.67. The van der Waals surface area contributed by atoms with E-state index < -0.39 is 0 Å². The minimum Gasteiger partial charge on any atom is -0.364 e. The second-order valence-electron chi connectivity index (χ2n) is 0.256. The number of hydrogen-bond donors (Lipinski definition) is 1. The van der Waals surface area contributed by atoms with Gasteiger partial charge in [-0.1, -0.05) is 5.66 Å². The first-order chi connectivity index (χ1) is 1.91. The maximum absolute atomic E-state index is 7.67. The van der Waals surface area contributed by atoms with E-state index >= 15 is 0 Å². The molecule has 0 bridgehead atoms. The third kappa shape index (κ3) is 1.95. The van der Waals surface area contributed by atoms with E-state index in [-0.39, 0.29) is 8.81 Å². The highest BCUT2D eigenvalue weighted by Gasteiger charge is 1.43. The molecule has 0 heterocycles. The van der Waals surface area contributed by atoms with Gasteiger partial charge in [0, 0.05) is 0 Å². The van der Waals surface area contributed by atoms with Gasteiger partial charge in [0.05, 0.1) is 8.81 Å². The molecule has 4 heavy (non-hydrogen) atoms. The maximum atomic E-state index is 7.67. The highest BCUT2D eigenvalue weighted by atomic mass is 31.1. The van der Waals surface area contributed by atoms with Crippen LogP contribution in [0.1, 0.15) is 0 Å². The maximum Gasteiger partial charge on any atom is 0.0879 e. The van der Waals surface area contributed by atoms with Gasteiger partial charge in [0.25, 0.3) is 0 Å². The van der Waals surface area contributed by atoms with Gasteiger partial charge in [-0.3, -0.25) is 0 Å². The van der Waals surface area contributed by atoms with E-state index in [9.17, 15) is 0 Å².